The first-order valence-corrected chi connectivity index (χ1v) is 13.5. The molecule has 0 aromatic heterocycles. The third-order valence-corrected chi connectivity index (χ3v) is 7.33. The molecule has 15 heteroatoms. The highest BCUT2D eigenvalue weighted by Gasteiger charge is 2.51. The van der Waals surface area contributed by atoms with Crippen LogP contribution in [0, 0.1) is 10.8 Å². The quantitative estimate of drug-likeness (QED) is 0.155. The number of hydrogen-bond donors (Lipinski definition) is 5. The smallest absolute Gasteiger partial charge is 0.388 e. The molecule has 1 amide bonds. The number of aliphatic hydroxyl groups excluding tert-OH is 2. The number of alkyl halides is 1. The van der Waals surface area contributed by atoms with Crippen molar-refractivity contribution in [2.45, 2.75) is 80.4 Å². The van der Waals surface area contributed by atoms with E-state index in [1.54, 1.807) is 13.2 Å². The van der Waals surface area contributed by atoms with Gasteiger partial charge in [-0.15, -0.1) is 28.3 Å². The van der Waals surface area contributed by atoms with Gasteiger partial charge in [0.05, 0.1) is 16.7 Å². The van der Waals surface area contributed by atoms with Crippen molar-refractivity contribution in [3.05, 3.63) is 4.91 Å². The third-order valence-electron chi connectivity index (χ3n) is 5.70. The van der Waals surface area contributed by atoms with Crippen LogP contribution < -0.4 is 5.32 Å². The second-order valence-corrected chi connectivity index (χ2v) is 10.9. The summed E-state index contributed by atoms with van der Waals surface area (Å²) in [6.45, 7) is 3.94. The van der Waals surface area contributed by atoms with Crippen LogP contribution in [0.2, 0.25) is 0 Å². The number of halogens is 1. The summed E-state index contributed by atoms with van der Waals surface area (Å²) in [4.78, 5) is 42.4. The van der Waals surface area contributed by atoms with E-state index in [-0.39, 0.29) is 5.92 Å². The lowest BCUT2D eigenvalue weighted by Gasteiger charge is -2.45. The predicted octanol–water partition coefficient (Wildman–Crippen LogP) is 0.558. The van der Waals surface area contributed by atoms with Gasteiger partial charge in [-0.05, 0) is 31.9 Å². The highest BCUT2D eigenvalue weighted by Crippen LogP contribution is 2.43. The number of nitrogens with one attached hydrogen (secondary N) is 1. The summed E-state index contributed by atoms with van der Waals surface area (Å²) in [5, 5.41) is 27.2. The fourth-order valence-electron chi connectivity index (χ4n) is 4.19. The number of carbonyl (C=O) groups excluding carboxylic acids is 1. The van der Waals surface area contributed by atoms with Crippen molar-refractivity contribution < 1.29 is 38.6 Å². The number of nitrogens with zero attached hydrogens (tertiary/aromatic N) is 2. The Morgan fingerprint density at radius 2 is 2.06 bits per heavy atom. The first-order chi connectivity index (χ1) is 14.9. The van der Waals surface area contributed by atoms with E-state index >= 15 is 0 Å². The zero-order valence-electron chi connectivity index (χ0n) is 18.0. The Morgan fingerprint density at radius 1 is 1.41 bits per heavy atom. The van der Waals surface area contributed by atoms with Crippen LogP contribution in [0.3, 0.4) is 0 Å². The SMILES string of the molecule is CCC[C@@H]1C[C@@H](C(=O)N[C@@H]([C@H]2O[C@H](SC)[C@H](OP(=O)(O)O)[C@@H](O)[C@H]2O)[C@H](C)Cl)N(N=O)C1. The minimum Gasteiger partial charge on any atom is -0.388 e. The van der Waals surface area contributed by atoms with Gasteiger partial charge in [0, 0.05) is 6.54 Å². The van der Waals surface area contributed by atoms with Gasteiger partial charge in [0.15, 0.2) is 0 Å². The van der Waals surface area contributed by atoms with Gasteiger partial charge < -0.3 is 30.1 Å². The number of amides is 1. The van der Waals surface area contributed by atoms with Gasteiger partial charge in [-0.25, -0.2) is 9.57 Å². The van der Waals surface area contributed by atoms with E-state index in [1.165, 1.54) is 5.01 Å². The van der Waals surface area contributed by atoms with Gasteiger partial charge >= 0.3 is 7.82 Å². The number of rotatable bonds is 10. The first kappa shape index (κ1) is 27.7. The fraction of sp³-hybridized carbons (Fsp3) is 0.941. The minimum absolute atomic E-state index is 0.144. The second kappa shape index (κ2) is 11.8. The van der Waals surface area contributed by atoms with Crippen LogP contribution in [0.1, 0.15) is 33.1 Å². The number of nitroso groups, excluding NO2 is 1. The van der Waals surface area contributed by atoms with Crippen LogP contribution >= 0.6 is 31.2 Å². The molecular formula is C17H31ClN3O9PS. The lowest BCUT2D eigenvalue weighted by Crippen LogP contribution is -2.65. The molecule has 0 saturated carbocycles. The normalized spacial score (nSPS) is 35.4. The van der Waals surface area contributed by atoms with Crippen molar-refractivity contribution in [1.29, 1.82) is 0 Å². The fourth-order valence-corrected chi connectivity index (χ4v) is 5.76. The van der Waals surface area contributed by atoms with Crippen molar-refractivity contribution in [1.82, 2.24) is 10.3 Å². The van der Waals surface area contributed by atoms with Crippen LogP contribution in [-0.4, -0.2) is 91.0 Å². The van der Waals surface area contributed by atoms with Gasteiger partial charge in [0.2, 0.25) is 5.91 Å². The molecule has 0 radical (unpaired) electrons. The molecule has 9 atom stereocenters. The number of aliphatic hydroxyl groups is 2. The zero-order valence-corrected chi connectivity index (χ0v) is 20.4. The Bertz CT molecular complexity index is 700. The molecule has 0 aliphatic carbocycles. The maximum atomic E-state index is 13.0. The summed E-state index contributed by atoms with van der Waals surface area (Å²) in [5.74, 6) is -0.370. The van der Waals surface area contributed by atoms with E-state index in [0.29, 0.717) is 13.0 Å². The van der Waals surface area contributed by atoms with Crippen molar-refractivity contribution in [2.75, 3.05) is 12.8 Å². The maximum Gasteiger partial charge on any atom is 0.470 e. The molecule has 0 unspecified atom stereocenters. The summed E-state index contributed by atoms with van der Waals surface area (Å²) < 4.78 is 21.6. The van der Waals surface area contributed by atoms with Crippen LogP contribution in [0.25, 0.3) is 0 Å². The lowest BCUT2D eigenvalue weighted by molar-refractivity contribution is -0.201. The number of phosphoric ester groups is 1. The molecule has 32 heavy (non-hydrogen) atoms. The first-order valence-electron chi connectivity index (χ1n) is 10.3. The van der Waals surface area contributed by atoms with E-state index in [9.17, 15) is 24.5 Å². The van der Waals surface area contributed by atoms with Crippen molar-refractivity contribution in [2.24, 2.45) is 11.2 Å². The molecule has 186 valence electrons. The van der Waals surface area contributed by atoms with Crippen LogP contribution in [0.4, 0.5) is 0 Å². The summed E-state index contributed by atoms with van der Waals surface area (Å²) in [5.41, 5.74) is -1.06. The van der Waals surface area contributed by atoms with Gasteiger partial charge in [-0.2, -0.15) is 0 Å². The van der Waals surface area contributed by atoms with Crippen LogP contribution in [0.15, 0.2) is 5.29 Å². The average molecular weight is 520 g/mol. The topological polar surface area (TPSA) is 178 Å². The molecule has 5 N–H and O–H groups in total. The summed E-state index contributed by atoms with van der Waals surface area (Å²) in [7, 11) is -4.98. The third kappa shape index (κ3) is 6.77. The van der Waals surface area contributed by atoms with E-state index in [2.05, 4.69) is 15.1 Å². The van der Waals surface area contributed by atoms with Gasteiger partial charge in [-0.3, -0.25) is 9.32 Å². The lowest BCUT2D eigenvalue weighted by atomic mass is 9.92. The Morgan fingerprint density at radius 3 is 2.56 bits per heavy atom. The average Bonchev–Trinajstić information content (AvgIpc) is 3.12. The Kier molecular flexibility index (Phi) is 10.2. The number of hydrogen-bond acceptors (Lipinski definition) is 9. The zero-order chi connectivity index (χ0) is 24.2. The number of phosphoric acid groups is 1. The number of ether oxygens (including phenoxy) is 1. The van der Waals surface area contributed by atoms with E-state index in [1.807, 2.05) is 6.92 Å². The van der Waals surface area contributed by atoms with Crippen molar-refractivity contribution in [3.63, 3.8) is 0 Å². The predicted molar refractivity (Wildman–Crippen MR) is 118 cm³/mol. The largest absolute Gasteiger partial charge is 0.470 e. The number of carbonyl (C=O) groups is 1. The van der Waals surface area contributed by atoms with Crippen molar-refractivity contribution in [3.8, 4) is 0 Å². The van der Waals surface area contributed by atoms with Gasteiger partial charge in [-0.1, -0.05) is 13.3 Å². The minimum atomic E-state index is -4.98. The summed E-state index contributed by atoms with van der Waals surface area (Å²) in [6, 6.07) is -1.78. The van der Waals surface area contributed by atoms with E-state index in [4.69, 9.17) is 26.1 Å². The molecule has 2 rings (SSSR count). The standard InChI is InChI=1S/C17H31ClN3O9PS/c1-4-5-9-6-10(21(7-9)20-25)16(24)19-11(8(2)18)14-12(22)13(23)15(17(29-14)32-3)30-31(26,27)28/h8-15,17,22-23H,4-7H2,1-3H3,(H,19,24)(H2,26,27,28)/t8-,9+,10-,11+,12+,13-,14+,15+,17+/m0/s1. The summed E-state index contributed by atoms with van der Waals surface area (Å²) in [6.07, 6.45) is -2.35. The van der Waals surface area contributed by atoms with Crippen LogP contribution in [-0.2, 0) is 18.6 Å². The molecule has 0 bridgehead atoms. The molecule has 12 nitrogen and oxygen atoms in total. The molecule has 0 aromatic rings. The molecule has 0 spiro atoms. The van der Waals surface area contributed by atoms with E-state index in [0.717, 1.165) is 24.6 Å². The molecular weight excluding hydrogens is 489 g/mol. The summed E-state index contributed by atoms with van der Waals surface area (Å²) >= 11 is 7.28. The number of thioether (sulfide) groups is 1. The Balaban J connectivity index is 2.18. The molecule has 2 aliphatic rings. The van der Waals surface area contributed by atoms with Crippen LogP contribution in [0.5, 0.6) is 0 Å². The Labute approximate surface area is 195 Å². The molecule has 2 heterocycles. The van der Waals surface area contributed by atoms with Gasteiger partial charge in [0.25, 0.3) is 0 Å². The van der Waals surface area contributed by atoms with Crippen molar-refractivity contribution >= 4 is 37.1 Å². The Hall–Kier alpha value is -0.500. The van der Waals surface area contributed by atoms with E-state index < -0.39 is 61.0 Å². The molecule has 2 aliphatic heterocycles. The van der Waals surface area contributed by atoms with Gasteiger partial charge in [0.1, 0.15) is 35.9 Å². The molecule has 2 fully saturated rings. The second-order valence-electron chi connectivity index (χ2n) is 8.07. The maximum absolute atomic E-state index is 13.0. The highest BCUT2D eigenvalue weighted by atomic mass is 35.5. The molecule has 2 saturated heterocycles. The highest BCUT2D eigenvalue weighted by molar-refractivity contribution is 7.99. The molecule has 0 aromatic carbocycles. The monoisotopic (exact) mass is 519 g/mol.